The summed E-state index contributed by atoms with van der Waals surface area (Å²) in [5, 5.41) is 0. The number of furan rings is 1. The number of likely N-dealkylation sites (tertiary alicyclic amines) is 1. The molecule has 5 nitrogen and oxygen atoms in total. The molecule has 0 aliphatic carbocycles. The molecule has 0 saturated carbocycles. The first-order valence-electron chi connectivity index (χ1n) is 8.97. The van der Waals surface area contributed by atoms with Crippen molar-refractivity contribution in [3.8, 4) is 0 Å². The minimum absolute atomic E-state index is 0.388. The minimum Gasteiger partial charge on any atom is -0.465 e. The number of nitrogens with zero attached hydrogens (tertiary/aromatic N) is 2. The van der Waals surface area contributed by atoms with Crippen molar-refractivity contribution in [3.63, 3.8) is 0 Å². The molecular formula is C18H28N2O3. The molecule has 3 atom stereocenters. The summed E-state index contributed by atoms with van der Waals surface area (Å²) in [5.41, 5.74) is 0. The Bertz CT molecular complexity index is 512. The van der Waals surface area contributed by atoms with Crippen LogP contribution in [-0.2, 0) is 16.0 Å². The highest BCUT2D eigenvalue weighted by molar-refractivity contribution is 5.06. The van der Waals surface area contributed by atoms with E-state index in [4.69, 9.17) is 13.9 Å². The second-order valence-electron chi connectivity index (χ2n) is 7.24. The number of hydrogen-bond donors (Lipinski definition) is 0. The first-order chi connectivity index (χ1) is 11.3. The summed E-state index contributed by atoms with van der Waals surface area (Å²) in [5.74, 6) is 3.51. The summed E-state index contributed by atoms with van der Waals surface area (Å²) in [7, 11) is 0. The molecule has 0 amide bonds. The lowest BCUT2D eigenvalue weighted by Crippen LogP contribution is -2.47. The number of fused-ring (bicyclic) bond motifs is 1. The molecule has 3 aliphatic rings. The minimum atomic E-state index is 0.388. The fraction of sp³-hybridized carbons (Fsp3) is 0.778. The molecule has 3 aliphatic heterocycles. The summed E-state index contributed by atoms with van der Waals surface area (Å²) in [6.45, 7) is 11.1. The molecule has 0 bridgehead atoms. The summed E-state index contributed by atoms with van der Waals surface area (Å²) in [4.78, 5) is 5.05. The average Bonchev–Trinajstić information content (AvgIpc) is 3.15. The fourth-order valence-electron chi connectivity index (χ4n) is 4.26. The van der Waals surface area contributed by atoms with Gasteiger partial charge in [-0.25, -0.2) is 0 Å². The van der Waals surface area contributed by atoms with Gasteiger partial charge in [-0.1, -0.05) is 0 Å². The average molecular weight is 320 g/mol. The van der Waals surface area contributed by atoms with Gasteiger partial charge in [0.2, 0.25) is 0 Å². The van der Waals surface area contributed by atoms with Crippen LogP contribution < -0.4 is 0 Å². The highest BCUT2D eigenvalue weighted by Crippen LogP contribution is 2.35. The molecule has 128 valence electrons. The monoisotopic (exact) mass is 320 g/mol. The molecule has 4 rings (SSSR count). The highest BCUT2D eigenvalue weighted by Gasteiger charge is 2.41. The zero-order chi connectivity index (χ0) is 15.6. The van der Waals surface area contributed by atoms with Crippen LogP contribution in [0.1, 0.15) is 17.9 Å². The number of aryl methyl sites for hydroxylation is 1. The van der Waals surface area contributed by atoms with Crippen molar-refractivity contribution in [2.24, 2.45) is 11.8 Å². The molecule has 0 unspecified atom stereocenters. The van der Waals surface area contributed by atoms with Crippen LogP contribution in [0.15, 0.2) is 16.5 Å². The molecule has 23 heavy (non-hydrogen) atoms. The molecule has 0 aromatic carbocycles. The smallest absolute Gasteiger partial charge is 0.118 e. The van der Waals surface area contributed by atoms with E-state index in [2.05, 4.69) is 21.9 Å². The Morgan fingerprint density at radius 3 is 2.78 bits per heavy atom. The Kier molecular flexibility index (Phi) is 4.71. The fourth-order valence-corrected chi connectivity index (χ4v) is 4.26. The zero-order valence-electron chi connectivity index (χ0n) is 14.1. The van der Waals surface area contributed by atoms with E-state index in [-0.39, 0.29) is 0 Å². The maximum Gasteiger partial charge on any atom is 0.118 e. The molecule has 3 saturated heterocycles. The Balaban J connectivity index is 1.34. The van der Waals surface area contributed by atoms with Crippen molar-refractivity contribution in [2.75, 3.05) is 52.5 Å². The Morgan fingerprint density at radius 1 is 1.13 bits per heavy atom. The van der Waals surface area contributed by atoms with Crippen molar-refractivity contribution in [1.82, 2.24) is 9.80 Å². The maximum atomic E-state index is 6.17. The van der Waals surface area contributed by atoms with E-state index < -0.39 is 0 Å². The lowest BCUT2D eigenvalue weighted by molar-refractivity contribution is -0.00519. The van der Waals surface area contributed by atoms with Crippen LogP contribution in [-0.4, -0.2) is 68.4 Å². The molecule has 0 N–H and O–H groups in total. The van der Waals surface area contributed by atoms with Gasteiger partial charge in [-0.3, -0.25) is 9.80 Å². The Hall–Kier alpha value is -0.880. The third-order valence-corrected chi connectivity index (χ3v) is 5.61. The number of ether oxygens (including phenoxy) is 2. The summed E-state index contributed by atoms with van der Waals surface area (Å²) < 4.78 is 17.4. The molecular weight excluding hydrogens is 292 g/mol. The van der Waals surface area contributed by atoms with Crippen LogP contribution in [0.3, 0.4) is 0 Å². The van der Waals surface area contributed by atoms with Gasteiger partial charge >= 0.3 is 0 Å². The molecule has 3 fully saturated rings. The Labute approximate surface area is 138 Å². The largest absolute Gasteiger partial charge is 0.465 e. The number of piperidine rings is 1. The second-order valence-corrected chi connectivity index (χ2v) is 7.24. The van der Waals surface area contributed by atoms with Gasteiger partial charge in [0.25, 0.3) is 0 Å². The van der Waals surface area contributed by atoms with E-state index in [1.54, 1.807) is 0 Å². The Morgan fingerprint density at radius 2 is 2.00 bits per heavy atom. The van der Waals surface area contributed by atoms with Crippen LogP contribution in [0.2, 0.25) is 0 Å². The normalized spacial score (nSPS) is 33.0. The SMILES string of the molecule is Cc1ccc(CN2CC[C@H]3CO[C@H](CN4CCOCC4)[C@H]3C2)o1. The first-order valence-corrected chi connectivity index (χ1v) is 8.97. The van der Waals surface area contributed by atoms with Crippen LogP contribution in [0.5, 0.6) is 0 Å². The van der Waals surface area contributed by atoms with Crippen molar-refractivity contribution >= 4 is 0 Å². The number of hydrogen-bond acceptors (Lipinski definition) is 5. The number of morpholine rings is 1. The van der Waals surface area contributed by atoms with Gasteiger partial charge in [-0.15, -0.1) is 0 Å². The van der Waals surface area contributed by atoms with E-state index in [1.807, 2.05) is 6.92 Å². The molecule has 5 heteroatoms. The van der Waals surface area contributed by atoms with Gasteiger partial charge in [0.05, 0.1) is 32.5 Å². The van der Waals surface area contributed by atoms with Crippen molar-refractivity contribution in [1.29, 1.82) is 0 Å². The molecule has 1 aromatic rings. The summed E-state index contributed by atoms with van der Waals surface area (Å²) in [6.07, 6.45) is 1.64. The van der Waals surface area contributed by atoms with Crippen LogP contribution in [0.4, 0.5) is 0 Å². The van der Waals surface area contributed by atoms with Crippen molar-refractivity contribution in [3.05, 3.63) is 23.7 Å². The lowest BCUT2D eigenvalue weighted by Gasteiger charge is -2.37. The summed E-state index contributed by atoms with van der Waals surface area (Å²) >= 11 is 0. The van der Waals surface area contributed by atoms with E-state index in [9.17, 15) is 0 Å². The molecule has 4 heterocycles. The maximum absolute atomic E-state index is 6.17. The molecule has 0 radical (unpaired) electrons. The quantitative estimate of drug-likeness (QED) is 0.845. The number of rotatable bonds is 4. The van der Waals surface area contributed by atoms with E-state index >= 15 is 0 Å². The van der Waals surface area contributed by atoms with Gasteiger partial charge in [0.15, 0.2) is 0 Å². The van der Waals surface area contributed by atoms with Crippen LogP contribution in [0, 0.1) is 18.8 Å². The van der Waals surface area contributed by atoms with E-state index in [1.165, 1.54) is 6.42 Å². The van der Waals surface area contributed by atoms with Crippen molar-refractivity contribution in [2.45, 2.75) is 26.0 Å². The summed E-state index contributed by atoms with van der Waals surface area (Å²) in [6, 6.07) is 4.17. The van der Waals surface area contributed by atoms with Gasteiger partial charge in [0, 0.05) is 32.1 Å². The van der Waals surface area contributed by atoms with Gasteiger partial charge in [-0.2, -0.15) is 0 Å². The predicted octanol–water partition coefficient (Wildman–Crippen LogP) is 1.76. The molecule has 1 aromatic heterocycles. The van der Waals surface area contributed by atoms with E-state index in [0.717, 1.165) is 76.5 Å². The molecule has 0 spiro atoms. The predicted molar refractivity (Wildman–Crippen MR) is 87.3 cm³/mol. The zero-order valence-corrected chi connectivity index (χ0v) is 14.1. The van der Waals surface area contributed by atoms with Crippen molar-refractivity contribution < 1.29 is 13.9 Å². The third kappa shape index (κ3) is 3.63. The third-order valence-electron chi connectivity index (χ3n) is 5.61. The standard InChI is InChI=1S/C18H28N2O3/c1-14-2-3-16(23-14)10-20-5-4-15-13-22-18(17(15)11-20)12-19-6-8-21-9-7-19/h2-3,15,17-18H,4-13H2,1H3/t15-,17-,18+/m0/s1. The highest BCUT2D eigenvalue weighted by atomic mass is 16.5. The van der Waals surface area contributed by atoms with Gasteiger partial charge in [-0.05, 0) is 37.9 Å². The second kappa shape index (κ2) is 6.93. The van der Waals surface area contributed by atoms with E-state index in [0.29, 0.717) is 12.0 Å². The first kappa shape index (κ1) is 15.6. The van der Waals surface area contributed by atoms with Gasteiger partial charge in [0.1, 0.15) is 11.5 Å². The van der Waals surface area contributed by atoms with Gasteiger partial charge < -0.3 is 13.9 Å². The van der Waals surface area contributed by atoms with Crippen LogP contribution in [0.25, 0.3) is 0 Å². The topological polar surface area (TPSA) is 38.1 Å². The lowest BCUT2D eigenvalue weighted by atomic mass is 9.84. The van der Waals surface area contributed by atoms with Crippen LogP contribution >= 0.6 is 0 Å².